The molecule has 3 aromatic rings. The van der Waals surface area contributed by atoms with Gasteiger partial charge in [-0.3, -0.25) is 9.59 Å². The number of aliphatic carboxylic acids is 1. The number of carbonyl (C=O) groups is 3. The zero-order valence-corrected chi connectivity index (χ0v) is 22.1. The van der Waals surface area contributed by atoms with E-state index in [1.165, 1.54) is 4.90 Å². The molecule has 2 heterocycles. The van der Waals surface area contributed by atoms with E-state index in [0.29, 0.717) is 21.8 Å². The lowest BCUT2D eigenvalue weighted by molar-refractivity contribution is -0.144. The van der Waals surface area contributed by atoms with Crippen LogP contribution in [0.15, 0.2) is 66.7 Å². The number of nitrogens with one attached hydrogen (secondary N) is 1. The van der Waals surface area contributed by atoms with Crippen molar-refractivity contribution in [1.29, 1.82) is 0 Å². The van der Waals surface area contributed by atoms with E-state index < -0.39 is 29.9 Å². The maximum absolute atomic E-state index is 14.0. The number of carboxylic acids is 1. The van der Waals surface area contributed by atoms with E-state index in [0.717, 1.165) is 35.2 Å². The first-order valence-electron chi connectivity index (χ1n) is 11.6. The molecule has 2 N–H and O–H groups in total. The van der Waals surface area contributed by atoms with Crippen molar-refractivity contribution in [3.8, 4) is 0 Å². The highest BCUT2D eigenvalue weighted by Crippen LogP contribution is 2.39. The molecule has 5 rings (SSSR count). The Hall–Kier alpha value is -3.11. The van der Waals surface area contributed by atoms with E-state index in [1.807, 2.05) is 12.1 Å². The summed E-state index contributed by atoms with van der Waals surface area (Å²) in [6.45, 7) is 1.94. The predicted molar refractivity (Wildman–Crippen MR) is 146 cm³/mol. The highest BCUT2D eigenvalue weighted by Gasteiger charge is 2.44. The zero-order valence-electron chi connectivity index (χ0n) is 19.2. The first kappa shape index (κ1) is 24.6. The summed E-state index contributed by atoms with van der Waals surface area (Å²) in [6.07, 6.45) is 2.26. The summed E-state index contributed by atoms with van der Waals surface area (Å²) in [4.78, 5) is 43.8. The molecule has 0 radical (unpaired) electrons. The van der Waals surface area contributed by atoms with Crippen LogP contribution >= 0.6 is 34.2 Å². The van der Waals surface area contributed by atoms with Crippen molar-refractivity contribution >= 4 is 63.4 Å². The molecule has 0 aliphatic carbocycles. The fourth-order valence-corrected chi connectivity index (χ4v) is 5.49. The second kappa shape index (κ2) is 10.1. The molecule has 3 aromatic carbocycles. The van der Waals surface area contributed by atoms with Crippen molar-refractivity contribution in [2.24, 2.45) is 0 Å². The SMILES string of the molecule is O=C(O)C(c1ccc(Cl)cc1)N1C(=O)c2cc(I)ccc2NC(=O)C1c1ccc(N2CCCC2)cc1. The lowest BCUT2D eigenvalue weighted by atomic mass is 9.97. The molecule has 0 bridgehead atoms. The fraction of sp³-hybridized carbons (Fsp3) is 0.222. The normalized spacial score (nSPS) is 18.4. The predicted octanol–water partition coefficient (Wildman–Crippen LogP) is 5.51. The zero-order chi connectivity index (χ0) is 25.4. The summed E-state index contributed by atoms with van der Waals surface area (Å²) < 4.78 is 0.792. The van der Waals surface area contributed by atoms with E-state index in [1.54, 1.807) is 54.6 Å². The van der Waals surface area contributed by atoms with Gasteiger partial charge in [0.25, 0.3) is 11.8 Å². The van der Waals surface area contributed by atoms with Gasteiger partial charge in [0.15, 0.2) is 6.04 Å². The molecule has 0 aromatic heterocycles. The standard InChI is InChI=1S/C27H23ClIN3O4/c28-18-7-3-17(4-8-18)24(27(35)36)32-23(16-5-10-20(11-6-16)31-13-1-2-14-31)25(33)30-22-12-9-19(29)15-21(22)26(32)34/h3-12,15,23-24H,1-2,13-14H2,(H,30,33)(H,35,36). The minimum atomic E-state index is -1.41. The number of carbonyl (C=O) groups excluding carboxylic acids is 2. The van der Waals surface area contributed by atoms with Gasteiger partial charge in [-0.05, 0) is 89.0 Å². The molecule has 184 valence electrons. The minimum absolute atomic E-state index is 0.242. The third kappa shape index (κ3) is 4.67. The van der Waals surface area contributed by atoms with Gasteiger partial charge >= 0.3 is 5.97 Å². The second-order valence-electron chi connectivity index (χ2n) is 8.87. The van der Waals surface area contributed by atoms with Crippen molar-refractivity contribution in [2.45, 2.75) is 24.9 Å². The first-order chi connectivity index (χ1) is 17.3. The molecule has 7 nitrogen and oxygen atoms in total. The minimum Gasteiger partial charge on any atom is -0.479 e. The molecular weight excluding hydrogens is 593 g/mol. The maximum atomic E-state index is 14.0. The van der Waals surface area contributed by atoms with Crippen molar-refractivity contribution in [3.63, 3.8) is 0 Å². The Morgan fingerprint density at radius 3 is 2.31 bits per heavy atom. The van der Waals surface area contributed by atoms with Gasteiger partial charge in [-0.1, -0.05) is 35.9 Å². The van der Waals surface area contributed by atoms with Gasteiger partial charge < -0.3 is 20.2 Å². The lowest BCUT2D eigenvalue weighted by Gasteiger charge is -2.34. The van der Waals surface area contributed by atoms with Gasteiger partial charge in [0.2, 0.25) is 0 Å². The molecule has 2 amide bonds. The number of rotatable bonds is 5. The number of benzene rings is 3. The van der Waals surface area contributed by atoms with E-state index in [2.05, 4.69) is 32.8 Å². The van der Waals surface area contributed by atoms with Crippen LogP contribution in [0.5, 0.6) is 0 Å². The molecule has 2 aliphatic heterocycles. The number of fused-ring (bicyclic) bond motifs is 1. The van der Waals surface area contributed by atoms with Crippen molar-refractivity contribution < 1.29 is 19.5 Å². The Morgan fingerprint density at radius 2 is 1.67 bits per heavy atom. The van der Waals surface area contributed by atoms with Crippen LogP contribution in [0.1, 0.15) is 46.4 Å². The molecule has 36 heavy (non-hydrogen) atoms. The number of nitrogens with zero attached hydrogens (tertiary/aromatic N) is 2. The highest BCUT2D eigenvalue weighted by molar-refractivity contribution is 14.1. The quantitative estimate of drug-likeness (QED) is 0.370. The summed E-state index contributed by atoms with van der Waals surface area (Å²) in [5.74, 6) is -2.26. The van der Waals surface area contributed by atoms with Crippen LogP contribution in [0.3, 0.4) is 0 Å². The first-order valence-corrected chi connectivity index (χ1v) is 13.1. The van der Waals surface area contributed by atoms with Crippen LogP contribution in [0, 0.1) is 3.57 Å². The van der Waals surface area contributed by atoms with Gasteiger partial charge in [0.05, 0.1) is 11.3 Å². The van der Waals surface area contributed by atoms with Crippen molar-refractivity contribution in [1.82, 2.24) is 4.90 Å². The Bertz CT molecular complexity index is 1320. The topological polar surface area (TPSA) is 90.0 Å². The number of anilines is 2. The Labute approximate surface area is 227 Å². The number of halogens is 2. The third-order valence-electron chi connectivity index (χ3n) is 6.61. The molecule has 2 atom stereocenters. The van der Waals surface area contributed by atoms with Crippen molar-refractivity contribution in [2.75, 3.05) is 23.3 Å². The molecule has 2 unspecified atom stereocenters. The van der Waals surface area contributed by atoms with Crippen LogP contribution in [0.25, 0.3) is 0 Å². The van der Waals surface area contributed by atoms with Gasteiger partial charge in [-0.25, -0.2) is 4.79 Å². The third-order valence-corrected chi connectivity index (χ3v) is 7.53. The Morgan fingerprint density at radius 1 is 1.00 bits per heavy atom. The number of hydrogen-bond donors (Lipinski definition) is 2. The summed E-state index contributed by atoms with van der Waals surface area (Å²) in [7, 11) is 0. The smallest absolute Gasteiger partial charge is 0.331 e. The molecule has 2 aliphatic rings. The number of hydrogen-bond acceptors (Lipinski definition) is 4. The molecular formula is C27H23ClIN3O4. The van der Waals surface area contributed by atoms with Gasteiger partial charge in [0, 0.05) is 27.4 Å². The maximum Gasteiger partial charge on any atom is 0.331 e. The largest absolute Gasteiger partial charge is 0.479 e. The Balaban J connectivity index is 1.65. The molecule has 0 spiro atoms. The Kier molecular flexibility index (Phi) is 6.90. The van der Waals surface area contributed by atoms with E-state index in [4.69, 9.17) is 11.6 Å². The summed E-state index contributed by atoms with van der Waals surface area (Å²) in [5.41, 5.74) is 2.51. The summed E-state index contributed by atoms with van der Waals surface area (Å²) >= 11 is 8.13. The molecule has 0 saturated carbocycles. The second-order valence-corrected chi connectivity index (χ2v) is 10.6. The highest BCUT2D eigenvalue weighted by atomic mass is 127. The van der Waals surface area contributed by atoms with Crippen molar-refractivity contribution in [3.05, 3.63) is 92.0 Å². The summed E-state index contributed by atoms with van der Waals surface area (Å²) in [6, 6.07) is 16.3. The lowest BCUT2D eigenvalue weighted by Crippen LogP contribution is -2.44. The number of carboxylic acid groups (broad SMARTS) is 1. The summed E-state index contributed by atoms with van der Waals surface area (Å²) in [5, 5.41) is 13.6. The van der Waals surface area contributed by atoms with Crippen LogP contribution in [0.4, 0.5) is 11.4 Å². The van der Waals surface area contributed by atoms with Crippen LogP contribution in [-0.2, 0) is 9.59 Å². The number of amides is 2. The van der Waals surface area contributed by atoms with E-state index >= 15 is 0 Å². The molecule has 1 saturated heterocycles. The van der Waals surface area contributed by atoms with Crippen LogP contribution in [-0.4, -0.2) is 40.9 Å². The molecule has 9 heteroatoms. The molecule has 1 fully saturated rings. The fourth-order valence-electron chi connectivity index (χ4n) is 4.87. The van der Waals surface area contributed by atoms with Gasteiger partial charge in [-0.15, -0.1) is 0 Å². The van der Waals surface area contributed by atoms with E-state index in [9.17, 15) is 19.5 Å². The average molecular weight is 616 g/mol. The van der Waals surface area contributed by atoms with Crippen LogP contribution in [0.2, 0.25) is 5.02 Å². The van der Waals surface area contributed by atoms with Gasteiger partial charge in [0.1, 0.15) is 6.04 Å². The van der Waals surface area contributed by atoms with E-state index in [-0.39, 0.29) is 5.56 Å². The van der Waals surface area contributed by atoms with Crippen LogP contribution < -0.4 is 10.2 Å². The van der Waals surface area contributed by atoms with Gasteiger partial charge in [-0.2, -0.15) is 0 Å². The average Bonchev–Trinajstić information content (AvgIpc) is 3.37. The monoisotopic (exact) mass is 615 g/mol.